The lowest BCUT2D eigenvalue weighted by atomic mass is 10.2. The molecule has 22 heavy (non-hydrogen) atoms. The van der Waals surface area contributed by atoms with E-state index in [2.05, 4.69) is 52.5 Å². The highest BCUT2D eigenvalue weighted by Crippen LogP contribution is 2.32. The molecule has 1 aromatic carbocycles. The third kappa shape index (κ3) is 6.46. The Morgan fingerprint density at radius 2 is 2.14 bits per heavy atom. The summed E-state index contributed by atoms with van der Waals surface area (Å²) in [7, 11) is 0. The van der Waals surface area contributed by atoms with Crippen LogP contribution in [0.25, 0.3) is 0 Å². The Morgan fingerprint density at radius 1 is 1.45 bits per heavy atom. The fourth-order valence-corrected chi connectivity index (χ4v) is 3.32. The summed E-state index contributed by atoms with van der Waals surface area (Å²) in [5.41, 5.74) is 0. The molecule has 1 aromatic rings. The number of ether oxygens (including phenoxy) is 1. The first-order valence-electron chi connectivity index (χ1n) is 7.01. The number of hydrogen-bond donors (Lipinski definition) is 2. The van der Waals surface area contributed by atoms with Gasteiger partial charge in [-0.2, -0.15) is 0 Å². The van der Waals surface area contributed by atoms with Gasteiger partial charge in [-0.25, -0.2) is 0 Å². The SMILES string of the molecule is CC(C)(CNC(=O)C1CNCCO1)Sc1ccc(Br)cc1.Cl. The molecule has 1 amide bonds. The standard InChI is InChI=1S/C15H21BrN2O2S.ClH/c1-15(2,21-12-5-3-11(16)4-6-12)10-18-14(19)13-9-17-7-8-20-13;/h3-6,13,17H,7-10H2,1-2H3,(H,18,19);1H. The molecule has 2 rings (SSSR count). The van der Waals surface area contributed by atoms with E-state index >= 15 is 0 Å². The lowest BCUT2D eigenvalue weighted by molar-refractivity contribution is -0.134. The van der Waals surface area contributed by atoms with Gasteiger partial charge in [0.15, 0.2) is 0 Å². The van der Waals surface area contributed by atoms with Gasteiger partial charge < -0.3 is 15.4 Å². The smallest absolute Gasteiger partial charge is 0.250 e. The van der Waals surface area contributed by atoms with Crippen LogP contribution in [0.3, 0.4) is 0 Å². The Balaban J connectivity index is 0.00000242. The summed E-state index contributed by atoms with van der Waals surface area (Å²) >= 11 is 5.18. The van der Waals surface area contributed by atoms with Crippen LogP contribution in [0, 0.1) is 0 Å². The zero-order chi connectivity index (χ0) is 15.3. The van der Waals surface area contributed by atoms with Crippen LogP contribution in [0.2, 0.25) is 0 Å². The van der Waals surface area contributed by atoms with Crippen molar-refractivity contribution in [3.63, 3.8) is 0 Å². The molecule has 4 nitrogen and oxygen atoms in total. The zero-order valence-electron chi connectivity index (χ0n) is 12.7. The summed E-state index contributed by atoms with van der Waals surface area (Å²) < 4.78 is 6.44. The van der Waals surface area contributed by atoms with Gasteiger partial charge in [0, 0.05) is 33.7 Å². The van der Waals surface area contributed by atoms with Crippen molar-refractivity contribution in [2.75, 3.05) is 26.2 Å². The predicted octanol–water partition coefficient (Wildman–Crippen LogP) is 2.85. The van der Waals surface area contributed by atoms with Gasteiger partial charge in [-0.15, -0.1) is 24.2 Å². The van der Waals surface area contributed by atoms with Gasteiger partial charge in [0.25, 0.3) is 5.91 Å². The molecule has 1 heterocycles. The number of nitrogens with one attached hydrogen (secondary N) is 2. The van der Waals surface area contributed by atoms with Crippen LogP contribution in [0.1, 0.15) is 13.8 Å². The molecule has 2 N–H and O–H groups in total. The summed E-state index contributed by atoms with van der Waals surface area (Å²) in [5.74, 6) is -0.0355. The van der Waals surface area contributed by atoms with Crippen molar-refractivity contribution in [1.29, 1.82) is 0 Å². The Morgan fingerprint density at radius 3 is 2.73 bits per heavy atom. The van der Waals surface area contributed by atoms with E-state index < -0.39 is 0 Å². The van der Waals surface area contributed by atoms with Crippen molar-refractivity contribution in [1.82, 2.24) is 10.6 Å². The topological polar surface area (TPSA) is 50.4 Å². The number of thioether (sulfide) groups is 1. The van der Waals surface area contributed by atoms with Crippen molar-refractivity contribution < 1.29 is 9.53 Å². The van der Waals surface area contributed by atoms with Crippen LogP contribution in [0.4, 0.5) is 0 Å². The fraction of sp³-hybridized carbons (Fsp3) is 0.533. The van der Waals surface area contributed by atoms with Crippen molar-refractivity contribution >= 4 is 46.0 Å². The number of amides is 1. The van der Waals surface area contributed by atoms with Gasteiger partial charge in [0.2, 0.25) is 0 Å². The number of carbonyl (C=O) groups excluding carboxylic acids is 1. The molecule has 7 heteroatoms. The molecule has 0 aliphatic carbocycles. The van der Waals surface area contributed by atoms with E-state index in [0.717, 1.165) is 11.0 Å². The molecule has 124 valence electrons. The molecule has 1 fully saturated rings. The van der Waals surface area contributed by atoms with Crippen LogP contribution in [-0.2, 0) is 9.53 Å². The highest BCUT2D eigenvalue weighted by atomic mass is 79.9. The molecule has 0 saturated carbocycles. The predicted molar refractivity (Wildman–Crippen MR) is 96.9 cm³/mol. The van der Waals surface area contributed by atoms with Gasteiger partial charge >= 0.3 is 0 Å². The number of morpholine rings is 1. The minimum absolute atomic E-state index is 0. The van der Waals surface area contributed by atoms with Crippen molar-refractivity contribution in [2.24, 2.45) is 0 Å². The van der Waals surface area contributed by atoms with E-state index in [-0.39, 0.29) is 29.2 Å². The van der Waals surface area contributed by atoms with E-state index in [1.165, 1.54) is 4.90 Å². The number of halogens is 2. The van der Waals surface area contributed by atoms with E-state index in [0.29, 0.717) is 19.7 Å². The van der Waals surface area contributed by atoms with Gasteiger partial charge in [-0.3, -0.25) is 4.79 Å². The normalized spacial score (nSPS) is 18.4. The Kier molecular flexibility index (Phi) is 8.21. The lowest BCUT2D eigenvalue weighted by Crippen LogP contribution is -2.49. The second kappa shape index (κ2) is 9.13. The first-order chi connectivity index (χ1) is 9.96. The molecule has 0 spiro atoms. The van der Waals surface area contributed by atoms with E-state index in [1.54, 1.807) is 11.8 Å². The largest absolute Gasteiger partial charge is 0.366 e. The van der Waals surface area contributed by atoms with Crippen LogP contribution >= 0.6 is 40.1 Å². The quantitative estimate of drug-likeness (QED) is 0.734. The minimum atomic E-state index is -0.368. The first kappa shape index (κ1) is 19.8. The Labute approximate surface area is 150 Å². The third-order valence-corrected chi connectivity index (χ3v) is 4.85. The molecule has 1 aliphatic heterocycles. The monoisotopic (exact) mass is 408 g/mol. The molecule has 1 atom stereocenters. The van der Waals surface area contributed by atoms with Crippen LogP contribution in [0.5, 0.6) is 0 Å². The minimum Gasteiger partial charge on any atom is -0.366 e. The van der Waals surface area contributed by atoms with Crippen LogP contribution < -0.4 is 10.6 Å². The average molecular weight is 410 g/mol. The van der Waals surface area contributed by atoms with Crippen molar-refractivity contribution in [3.8, 4) is 0 Å². The number of rotatable bonds is 5. The maximum Gasteiger partial charge on any atom is 0.250 e. The molecule has 0 aromatic heterocycles. The maximum atomic E-state index is 12.1. The van der Waals surface area contributed by atoms with Crippen LogP contribution in [0.15, 0.2) is 33.6 Å². The van der Waals surface area contributed by atoms with E-state index in [4.69, 9.17) is 4.74 Å². The summed E-state index contributed by atoms with van der Waals surface area (Å²) in [4.78, 5) is 13.2. The Bertz CT molecular complexity index is 479. The second-order valence-corrected chi connectivity index (χ2v) is 8.29. The molecule has 1 saturated heterocycles. The van der Waals surface area contributed by atoms with Gasteiger partial charge in [0.1, 0.15) is 6.10 Å². The highest BCUT2D eigenvalue weighted by Gasteiger charge is 2.25. The van der Waals surface area contributed by atoms with Gasteiger partial charge in [0.05, 0.1) is 6.61 Å². The summed E-state index contributed by atoms with van der Waals surface area (Å²) in [6.45, 7) is 6.85. The molecule has 0 bridgehead atoms. The van der Waals surface area contributed by atoms with Crippen LogP contribution in [-0.4, -0.2) is 43.0 Å². The number of benzene rings is 1. The molecule has 1 aliphatic rings. The molecular formula is C15H22BrClN2O2S. The number of hydrogen-bond acceptors (Lipinski definition) is 4. The third-order valence-electron chi connectivity index (χ3n) is 3.12. The Hall–Kier alpha value is -0.270. The van der Waals surface area contributed by atoms with Crippen molar-refractivity contribution in [3.05, 3.63) is 28.7 Å². The van der Waals surface area contributed by atoms with Crippen molar-refractivity contribution in [2.45, 2.75) is 29.6 Å². The summed E-state index contributed by atoms with van der Waals surface area (Å²) in [5, 5.41) is 6.15. The lowest BCUT2D eigenvalue weighted by Gasteiger charge is -2.27. The highest BCUT2D eigenvalue weighted by molar-refractivity contribution is 9.10. The van der Waals surface area contributed by atoms with Gasteiger partial charge in [-0.1, -0.05) is 15.9 Å². The zero-order valence-corrected chi connectivity index (χ0v) is 15.9. The van der Waals surface area contributed by atoms with E-state index in [9.17, 15) is 4.79 Å². The number of carbonyl (C=O) groups is 1. The summed E-state index contributed by atoms with van der Waals surface area (Å²) in [6, 6.07) is 8.20. The molecule has 0 radical (unpaired) electrons. The summed E-state index contributed by atoms with van der Waals surface area (Å²) in [6.07, 6.45) is -0.368. The average Bonchev–Trinajstić information content (AvgIpc) is 2.48. The molecular weight excluding hydrogens is 388 g/mol. The second-order valence-electron chi connectivity index (χ2n) is 5.60. The fourth-order valence-electron chi connectivity index (χ4n) is 2.01. The van der Waals surface area contributed by atoms with Gasteiger partial charge in [-0.05, 0) is 38.1 Å². The maximum absolute atomic E-state index is 12.1. The molecule has 1 unspecified atom stereocenters. The first-order valence-corrected chi connectivity index (χ1v) is 8.62. The van der Waals surface area contributed by atoms with E-state index in [1.807, 2.05) is 12.1 Å².